The number of carbonyl (C=O) groups is 1. The lowest BCUT2D eigenvalue weighted by molar-refractivity contribution is 0.104. The Hall–Kier alpha value is -4.29. The highest BCUT2D eigenvalue weighted by atomic mass is 32.1. The summed E-state index contributed by atoms with van der Waals surface area (Å²) >= 11 is 1.65. The van der Waals surface area contributed by atoms with Gasteiger partial charge in [0.1, 0.15) is 17.3 Å². The molecule has 4 nitrogen and oxygen atoms in total. The molecule has 6 heteroatoms. The summed E-state index contributed by atoms with van der Waals surface area (Å²) in [5, 5.41) is 6.92. The molecule has 0 fully saturated rings. The van der Waals surface area contributed by atoms with E-state index in [0.717, 1.165) is 38.8 Å². The summed E-state index contributed by atoms with van der Waals surface area (Å²) in [5.74, 6) is 0.254. The number of hydrogen-bond acceptors (Lipinski definition) is 4. The molecule has 3 aromatic carbocycles. The zero-order chi connectivity index (χ0) is 24.2. The van der Waals surface area contributed by atoms with Crippen molar-refractivity contribution in [2.24, 2.45) is 0 Å². The molecular weight excluding hydrogens is 459 g/mol. The minimum atomic E-state index is -0.365. The average molecular weight is 481 g/mol. The number of aromatic nitrogens is 2. The van der Waals surface area contributed by atoms with E-state index in [1.165, 1.54) is 30.3 Å². The Balaban J connectivity index is 1.44. The van der Waals surface area contributed by atoms with Crippen molar-refractivity contribution in [2.75, 3.05) is 7.11 Å². The van der Waals surface area contributed by atoms with Crippen molar-refractivity contribution in [1.29, 1.82) is 0 Å². The molecule has 172 valence electrons. The van der Waals surface area contributed by atoms with Crippen LogP contribution in [0.15, 0.2) is 102 Å². The Morgan fingerprint density at radius 1 is 0.971 bits per heavy atom. The lowest BCUT2D eigenvalue weighted by Crippen LogP contribution is -1.99. The molecule has 0 radical (unpaired) electrons. The van der Waals surface area contributed by atoms with Gasteiger partial charge >= 0.3 is 0 Å². The van der Waals surface area contributed by atoms with Crippen LogP contribution in [0.1, 0.15) is 15.9 Å². The molecule has 2 aromatic heterocycles. The van der Waals surface area contributed by atoms with E-state index in [0.29, 0.717) is 5.56 Å². The molecule has 0 aliphatic heterocycles. The number of allylic oxidation sites excluding steroid dienone is 1. The molecule has 5 aromatic rings. The van der Waals surface area contributed by atoms with E-state index < -0.39 is 0 Å². The summed E-state index contributed by atoms with van der Waals surface area (Å²) in [6.45, 7) is 0. The summed E-state index contributed by atoms with van der Waals surface area (Å²) in [6.07, 6.45) is 3.24. The number of thiophene rings is 1. The van der Waals surface area contributed by atoms with Crippen LogP contribution in [-0.2, 0) is 0 Å². The number of benzene rings is 3. The smallest absolute Gasteiger partial charge is 0.185 e. The molecule has 0 amide bonds. The van der Waals surface area contributed by atoms with Gasteiger partial charge in [-0.15, -0.1) is 11.3 Å². The second-order valence-electron chi connectivity index (χ2n) is 7.83. The zero-order valence-corrected chi connectivity index (χ0v) is 19.7. The highest BCUT2D eigenvalue weighted by molar-refractivity contribution is 7.13. The molecule has 0 saturated heterocycles. The van der Waals surface area contributed by atoms with Crippen molar-refractivity contribution in [2.45, 2.75) is 0 Å². The number of ether oxygens (including phenoxy) is 1. The number of hydrogen-bond donors (Lipinski definition) is 0. The van der Waals surface area contributed by atoms with Crippen LogP contribution >= 0.6 is 11.3 Å². The molecule has 0 aliphatic rings. The topological polar surface area (TPSA) is 44.1 Å². The third-order valence-corrected chi connectivity index (χ3v) is 6.45. The number of carbonyl (C=O) groups excluding carboxylic acids is 1. The van der Waals surface area contributed by atoms with E-state index in [-0.39, 0.29) is 11.6 Å². The fourth-order valence-corrected chi connectivity index (χ4v) is 4.38. The van der Waals surface area contributed by atoms with E-state index in [4.69, 9.17) is 9.84 Å². The molecule has 35 heavy (non-hydrogen) atoms. The molecule has 0 N–H and O–H groups in total. The average Bonchev–Trinajstić information content (AvgIpc) is 3.59. The lowest BCUT2D eigenvalue weighted by atomic mass is 10.1. The molecule has 0 unspecified atom stereocenters. The van der Waals surface area contributed by atoms with Gasteiger partial charge < -0.3 is 4.74 Å². The van der Waals surface area contributed by atoms with Crippen molar-refractivity contribution in [3.63, 3.8) is 0 Å². The van der Waals surface area contributed by atoms with Crippen molar-refractivity contribution >= 4 is 23.2 Å². The highest BCUT2D eigenvalue weighted by Gasteiger charge is 2.14. The normalized spacial score (nSPS) is 11.1. The van der Waals surface area contributed by atoms with Crippen LogP contribution in [0.2, 0.25) is 0 Å². The van der Waals surface area contributed by atoms with Crippen molar-refractivity contribution in [1.82, 2.24) is 9.78 Å². The predicted molar refractivity (Wildman–Crippen MR) is 139 cm³/mol. The third-order valence-electron chi connectivity index (χ3n) is 5.56. The molecule has 2 heterocycles. The minimum absolute atomic E-state index is 0.177. The van der Waals surface area contributed by atoms with Crippen LogP contribution in [-0.4, -0.2) is 22.7 Å². The number of ketones is 1. The zero-order valence-electron chi connectivity index (χ0n) is 18.9. The van der Waals surface area contributed by atoms with Crippen molar-refractivity contribution < 1.29 is 13.9 Å². The van der Waals surface area contributed by atoms with Crippen LogP contribution in [0.25, 0.3) is 33.6 Å². The van der Waals surface area contributed by atoms with Crippen LogP contribution < -0.4 is 4.74 Å². The SMILES string of the molecule is COc1ccc(-c2cc(-c3cccs3)nn2-c2ccc(/C=C/C(=O)c3ccc(F)cc3)cc2)cc1. The second-order valence-corrected chi connectivity index (χ2v) is 8.78. The lowest BCUT2D eigenvalue weighted by Gasteiger charge is -2.09. The van der Waals surface area contributed by atoms with E-state index in [9.17, 15) is 9.18 Å². The van der Waals surface area contributed by atoms with Gasteiger partial charge in [-0.1, -0.05) is 24.3 Å². The van der Waals surface area contributed by atoms with Gasteiger partial charge in [0, 0.05) is 11.1 Å². The van der Waals surface area contributed by atoms with Crippen LogP contribution in [0.4, 0.5) is 4.39 Å². The first-order valence-corrected chi connectivity index (χ1v) is 11.9. The quantitative estimate of drug-likeness (QED) is 0.181. The van der Waals surface area contributed by atoms with Gasteiger partial charge in [0.25, 0.3) is 0 Å². The largest absolute Gasteiger partial charge is 0.497 e. The predicted octanol–water partition coefficient (Wildman–Crippen LogP) is 7.31. The van der Waals surface area contributed by atoms with Crippen LogP contribution in [0, 0.1) is 5.82 Å². The van der Waals surface area contributed by atoms with Gasteiger partial charge in [0.15, 0.2) is 5.78 Å². The summed E-state index contributed by atoms with van der Waals surface area (Å²) in [4.78, 5) is 13.4. The Kier molecular flexibility index (Phi) is 6.37. The second kappa shape index (κ2) is 9.91. The maximum atomic E-state index is 13.1. The Labute approximate surface area is 206 Å². The number of methoxy groups -OCH3 is 1. The van der Waals surface area contributed by atoms with Crippen molar-refractivity contribution in [3.8, 4) is 33.3 Å². The monoisotopic (exact) mass is 480 g/mol. The van der Waals surface area contributed by atoms with Crippen molar-refractivity contribution in [3.05, 3.63) is 119 Å². The Morgan fingerprint density at radius 2 is 1.71 bits per heavy atom. The third kappa shape index (κ3) is 4.98. The number of halogens is 1. The number of rotatable bonds is 7. The van der Waals surface area contributed by atoms with Gasteiger partial charge in [-0.2, -0.15) is 5.10 Å². The van der Waals surface area contributed by atoms with Gasteiger partial charge in [0.2, 0.25) is 0 Å². The first kappa shape index (κ1) is 22.5. The molecule has 0 bridgehead atoms. The fraction of sp³-hybridized carbons (Fsp3) is 0.0345. The molecular formula is C29H21FN2O2S. The van der Waals surface area contributed by atoms with E-state index in [2.05, 4.69) is 12.1 Å². The molecule has 0 atom stereocenters. The Morgan fingerprint density at radius 3 is 2.37 bits per heavy atom. The molecule has 0 spiro atoms. The van der Waals surface area contributed by atoms with E-state index in [1.807, 2.05) is 64.7 Å². The first-order chi connectivity index (χ1) is 17.1. The summed E-state index contributed by atoms with van der Waals surface area (Å²) in [6, 6.07) is 27.4. The Bertz CT molecular complexity index is 1470. The highest BCUT2D eigenvalue weighted by Crippen LogP contribution is 2.31. The first-order valence-electron chi connectivity index (χ1n) is 11.0. The summed E-state index contributed by atoms with van der Waals surface area (Å²) in [7, 11) is 1.65. The standard InChI is InChI=1S/C29H21FN2O2S/c1-34-25-15-9-21(10-16-25)27-19-26(29-3-2-18-35-29)31-32(27)24-13-4-20(5-14-24)6-17-28(33)22-7-11-23(30)12-8-22/h2-19H,1H3/b17-6+. The van der Waals surface area contributed by atoms with Gasteiger partial charge in [-0.25, -0.2) is 9.07 Å². The summed E-state index contributed by atoms with van der Waals surface area (Å²) in [5.41, 5.74) is 5.11. The van der Waals surface area contributed by atoms with E-state index in [1.54, 1.807) is 24.5 Å². The molecule has 5 rings (SSSR count). The van der Waals surface area contributed by atoms with Crippen LogP contribution in [0.3, 0.4) is 0 Å². The number of nitrogens with zero attached hydrogens (tertiary/aromatic N) is 2. The van der Waals surface area contributed by atoms with Crippen LogP contribution in [0.5, 0.6) is 5.75 Å². The fourth-order valence-electron chi connectivity index (χ4n) is 3.70. The van der Waals surface area contributed by atoms with Gasteiger partial charge in [-0.05, 0) is 89.8 Å². The minimum Gasteiger partial charge on any atom is -0.497 e. The molecule has 0 aliphatic carbocycles. The maximum Gasteiger partial charge on any atom is 0.185 e. The van der Waals surface area contributed by atoms with Gasteiger partial charge in [0.05, 0.1) is 23.4 Å². The maximum absolute atomic E-state index is 13.1. The van der Waals surface area contributed by atoms with Gasteiger partial charge in [-0.3, -0.25) is 4.79 Å². The molecule has 0 saturated carbocycles. The van der Waals surface area contributed by atoms with E-state index >= 15 is 0 Å². The summed E-state index contributed by atoms with van der Waals surface area (Å²) < 4.78 is 20.3.